The molecule has 37 heavy (non-hydrogen) atoms. The van der Waals surface area contributed by atoms with Crippen LogP contribution in [0.1, 0.15) is 42.4 Å². The van der Waals surface area contributed by atoms with E-state index in [0.717, 1.165) is 17.7 Å². The van der Waals surface area contributed by atoms with Crippen LogP contribution in [0.15, 0.2) is 71.8 Å². The van der Waals surface area contributed by atoms with Crippen LogP contribution in [0.25, 0.3) is 22.2 Å². The molecule has 0 saturated carbocycles. The van der Waals surface area contributed by atoms with E-state index >= 15 is 0 Å². The Morgan fingerprint density at radius 1 is 1.03 bits per heavy atom. The second-order valence-corrected chi connectivity index (χ2v) is 10.4. The van der Waals surface area contributed by atoms with Gasteiger partial charge in [0, 0.05) is 22.3 Å². The minimum atomic E-state index is -1.01. The highest BCUT2D eigenvalue weighted by Gasteiger charge is 2.19. The molecule has 0 bridgehead atoms. The van der Waals surface area contributed by atoms with Crippen molar-refractivity contribution in [2.75, 3.05) is 5.32 Å². The molecule has 2 heterocycles. The fraction of sp³-hybridized carbons (Fsp3) is 0.207. The summed E-state index contributed by atoms with van der Waals surface area (Å²) in [7, 11) is 0. The van der Waals surface area contributed by atoms with Gasteiger partial charge in [0.05, 0.1) is 27.6 Å². The average Bonchev–Trinajstić information content (AvgIpc) is 2.88. The Balaban J connectivity index is 1.49. The first kappa shape index (κ1) is 25.9. The van der Waals surface area contributed by atoms with Gasteiger partial charge in [0.15, 0.2) is 0 Å². The van der Waals surface area contributed by atoms with Crippen LogP contribution in [-0.2, 0) is 11.2 Å². The third-order valence-corrected chi connectivity index (χ3v) is 6.81. The summed E-state index contributed by atoms with van der Waals surface area (Å²) >= 11 is 1.26. The lowest BCUT2D eigenvalue weighted by Gasteiger charge is -2.14. The molecule has 0 saturated heterocycles. The van der Waals surface area contributed by atoms with Crippen molar-refractivity contribution >= 4 is 40.2 Å². The molecule has 1 unspecified atom stereocenters. The van der Waals surface area contributed by atoms with Crippen molar-refractivity contribution in [1.29, 1.82) is 5.26 Å². The molecule has 0 aliphatic heterocycles. The number of nitriles is 1. The van der Waals surface area contributed by atoms with Gasteiger partial charge >= 0.3 is 5.97 Å². The third kappa shape index (κ3) is 6.13. The molecule has 1 amide bonds. The monoisotopic (exact) mass is 510 g/mol. The summed E-state index contributed by atoms with van der Waals surface area (Å²) in [6.07, 6.45) is 0.798. The van der Waals surface area contributed by atoms with Gasteiger partial charge in [0.2, 0.25) is 5.91 Å². The molecule has 0 fully saturated rings. The summed E-state index contributed by atoms with van der Waals surface area (Å²) in [5.41, 5.74) is 4.00. The number of para-hydroxylation sites is 1. The van der Waals surface area contributed by atoms with Gasteiger partial charge in [-0.3, -0.25) is 4.79 Å². The molecule has 0 radical (unpaired) electrons. The topological polar surface area (TPSA) is 116 Å². The quantitative estimate of drug-likeness (QED) is 0.272. The predicted molar refractivity (Wildman–Crippen MR) is 146 cm³/mol. The number of amides is 1. The molecule has 2 aromatic heterocycles. The van der Waals surface area contributed by atoms with E-state index in [9.17, 15) is 20.0 Å². The number of nitrogens with one attached hydrogen (secondary N) is 1. The smallest absolute Gasteiger partial charge is 0.336 e. The molecule has 186 valence electrons. The summed E-state index contributed by atoms with van der Waals surface area (Å²) in [4.78, 5) is 33.9. The van der Waals surface area contributed by atoms with Crippen molar-refractivity contribution in [3.63, 3.8) is 0 Å². The van der Waals surface area contributed by atoms with Crippen LogP contribution in [0.2, 0.25) is 0 Å². The number of fused-ring (bicyclic) bond motifs is 1. The summed E-state index contributed by atoms with van der Waals surface area (Å²) in [6.45, 7) is 5.99. The first-order valence-corrected chi connectivity index (χ1v) is 12.7. The highest BCUT2D eigenvalue weighted by Crippen LogP contribution is 2.28. The molecule has 2 N–H and O–H groups in total. The number of carbonyl (C=O) groups excluding carboxylic acids is 1. The Labute approximate surface area is 219 Å². The van der Waals surface area contributed by atoms with Gasteiger partial charge in [0.25, 0.3) is 0 Å². The van der Waals surface area contributed by atoms with Crippen LogP contribution in [0.4, 0.5) is 5.69 Å². The molecule has 1 atom stereocenters. The molecular weight excluding hydrogens is 484 g/mol. The van der Waals surface area contributed by atoms with Crippen molar-refractivity contribution in [2.24, 2.45) is 5.92 Å². The normalized spacial score (nSPS) is 11.8. The van der Waals surface area contributed by atoms with Crippen molar-refractivity contribution in [3.8, 4) is 17.3 Å². The van der Waals surface area contributed by atoms with Crippen molar-refractivity contribution < 1.29 is 14.7 Å². The number of carboxylic acids is 1. The number of thioether (sulfide) groups is 1. The number of hydrogen-bond acceptors (Lipinski definition) is 6. The maximum atomic E-state index is 12.9. The number of aromatic nitrogens is 2. The van der Waals surface area contributed by atoms with Crippen LogP contribution in [0.3, 0.4) is 0 Å². The van der Waals surface area contributed by atoms with E-state index in [0.29, 0.717) is 38.8 Å². The van der Waals surface area contributed by atoms with Crippen molar-refractivity contribution in [1.82, 2.24) is 9.97 Å². The molecule has 4 aromatic rings. The third-order valence-electron chi connectivity index (χ3n) is 5.71. The van der Waals surface area contributed by atoms with Crippen molar-refractivity contribution in [3.05, 3.63) is 83.6 Å². The van der Waals surface area contributed by atoms with Gasteiger partial charge < -0.3 is 10.4 Å². The Hall–Kier alpha value is -4.22. The first-order valence-electron chi connectivity index (χ1n) is 11.9. The summed E-state index contributed by atoms with van der Waals surface area (Å²) < 4.78 is 0. The lowest BCUT2D eigenvalue weighted by Crippen LogP contribution is -2.22. The second kappa shape index (κ2) is 11.2. The summed E-state index contributed by atoms with van der Waals surface area (Å²) in [5, 5.41) is 22.7. The molecule has 0 aliphatic rings. The molecule has 0 spiro atoms. The van der Waals surface area contributed by atoms with Crippen LogP contribution in [-0.4, -0.2) is 32.2 Å². The number of hydrogen-bond donors (Lipinski definition) is 2. The maximum absolute atomic E-state index is 12.9. The number of nitrogens with zero attached hydrogens (tertiary/aromatic N) is 3. The van der Waals surface area contributed by atoms with E-state index in [1.165, 1.54) is 11.8 Å². The van der Waals surface area contributed by atoms with E-state index in [1.54, 1.807) is 61.5 Å². The summed E-state index contributed by atoms with van der Waals surface area (Å²) in [6, 6.07) is 21.5. The van der Waals surface area contributed by atoms with Gasteiger partial charge in [-0.2, -0.15) is 5.26 Å². The van der Waals surface area contributed by atoms with Crippen LogP contribution in [0.5, 0.6) is 0 Å². The fourth-order valence-electron chi connectivity index (χ4n) is 3.88. The van der Waals surface area contributed by atoms with Gasteiger partial charge in [-0.15, -0.1) is 0 Å². The number of rotatable bonds is 8. The van der Waals surface area contributed by atoms with Crippen LogP contribution < -0.4 is 5.32 Å². The summed E-state index contributed by atoms with van der Waals surface area (Å²) in [5.74, 6) is -0.795. The molecule has 0 aliphatic carbocycles. The Bertz CT molecular complexity index is 1510. The van der Waals surface area contributed by atoms with Crippen LogP contribution in [0, 0.1) is 17.2 Å². The van der Waals surface area contributed by atoms with Crippen molar-refractivity contribution in [2.45, 2.75) is 37.5 Å². The zero-order chi connectivity index (χ0) is 26.5. The first-order chi connectivity index (χ1) is 17.7. The molecule has 7 nitrogen and oxygen atoms in total. The number of carbonyl (C=O) groups is 2. The lowest BCUT2D eigenvalue weighted by molar-refractivity contribution is -0.115. The standard InChI is InChI=1S/C29H26N4O3S/c1-17(2)14-22-13-10-20(16-30)28(32-22)37-18(3)27(34)31-21-11-8-19(9-12-21)26-15-24(29(35)36)23-6-4-5-7-25(23)33-26/h4-13,15,17-18H,14H2,1-3H3,(H,31,34)(H,35,36). The minimum absolute atomic E-state index is 0.187. The number of carboxylic acid groups (broad SMARTS) is 1. The van der Waals surface area contributed by atoms with Crippen LogP contribution >= 0.6 is 11.8 Å². The van der Waals surface area contributed by atoms with E-state index in [4.69, 9.17) is 0 Å². The average molecular weight is 511 g/mol. The Kier molecular flexibility index (Phi) is 7.85. The zero-order valence-corrected chi connectivity index (χ0v) is 21.5. The molecule has 4 rings (SSSR count). The van der Waals surface area contributed by atoms with E-state index in [-0.39, 0.29) is 11.5 Å². The zero-order valence-electron chi connectivity index (χ0n) is 20.7. The van der Waals surface area contributed by atoms with Gasteiger partial charge in [-0.1, -0.05) is 55.9 Å². The fourth-order valence-corrected chi connectivity index (χ4v) is 4.79. The minimum Gasteiger partial charge on any atom is -0.478 e. The Morgan fingerprint density at radius 3 is 2.43 bits per heavy atom. The predicted octanol–water partition coefficient (Wildman–Crippen LogP) is 6.18. The number of pyridine rings is 2. The largest absolute Gasteiger partial charge is 0.478 e. The molecular formula is C29H26N4O3S. The van der Waals surface area contributed by atoms with E-state index in [1.807, 2.05) is 12.1 Å². The number of benzene rings is 2. The van der Waals surface area contributed by atoms with Gasteiger partial charge in [0.1, 0.15) is 11.1 Å². The molecule has 2 aromatic carbocycles. The lowest BCUT2D eigenvalue weighted by atomic mass is 10.0. The second-order valence-electron chi connectivity index (χ2n) is 9.07. The number of aromatic carboxylic acids is 1. The van der Waals surface area contributed by atoms with Gasteiger partial charge in [-0.25, -0.2) is 14.8 Å². The highest BCUT2D eigenvalue weighted by molar-refractivity contribution is 8.00. The van der Waals surface area contributed by atoms with Gasteiger partial charge in [-0.05, 0) is 55.7 Å². The highest BCUT2D eigenvalue weighted by atomic mass is 32.2. The SMILES string of the molecule is CC(C)Cc1ccc(C#N)c(SC(C)C(=O)Nc2ccc(-c3cc(C(=O)O)c4ccccc4n3)cc2)n1. The van der Waals surface area contributed by atoms with E-state index < -0.39 is 11.2 Å². The maximum Gasteiger partial charge on any atom is 0.336 e. The van der Waals surface area contributed by atoms with E-state index in [2.05, 4.69) is 35.2 Å². The Morgan fingerprint density at radius 2 is 1.76 bits per heavy atom. The molecule has 8 heteroatoms. The number of anilines is 1.